The van der Waals surface area contributed by atoms with E-state index in [1.807, 2.05) is 16.7 Å². The van der Waals surface area contributed by atoms with Crippen molar-refractivity contribution in [2.24, 2.45) is 0 Å². The molecule has 2 aliphatic rings. The van der Waals surface area contributed by atoms with Gasteiger partial charge < -0.3 is 10.1 Å². The summed E-state index contributed by atoms with van der Waals surface area (Å²) >= 11 is 7.44. The maximum atomic E-state index is 12.4. The number of aromatic nitrogens is 3. The quantitative estimate of drug-likeness (QED) is 0.591. The Labute approximate surface area is 184 Å². The second-order valence-corrected chi connectivity index (χ2v) is 11.5. The van der Waals surface area contributed by atoms with Crippen LogP contribution in [0.5, 0.6) is 5.75 Å². The van der Waals surface area contributed by atoms with Crippen molar-refractivity contribution >= 4 is 39.1 Å². The number of amides is 1. The molecule has 2 aromatic rings. The molecule has 1 aliphatic heterocycles. The molecule has 8 nitrogen and oxygen atoms in total. The van der Waals surface area contributed by atoms with Gasteiger partial charge in [-0.1, -0.05) is 35.5 Å². The van der Waals surface area contributed by atoms with Crippen molar-refractivity contribution in [2.45, 2.75) is 49.5 Å². The summed E-state index contributed by atoms with van der Waals surface area (Å²) in [6.45, 7) is 2.01. The summed E-state index contributed by atoms with van der Waals surface area (Å²) in [7, 11) is -3.08. The van der Waals surface area contributed by atoms with Crippen LogP contribution in [-0.4, -0.2) is 51.9 Å². The highest BCUT2D eigenvalue weighted by Gasteiger charge is 2.39. The van der Waals surface area contributed by atoms with Crippen LogP contribution in [0.1, 0.15) is 38.1 Å². The minimum atomic E-state index is -3.08. The van der Waals surface area contributed by atoms with Crippen LogP contribution in [-0.2, 0) is 21.2 Å². The Balaban J connectivity index is 1.38. The number of thioether (sulfide) groups is 1. The summed E-state index contributed by atoms with van der Waals surface area (Å²) in [5.74, 6) is 1.30. The molecule has 1 aromatic heterocycles. The molecular weight excluding hydrogens is 448 g/mol. The molecule has 1 aromatic carbocycles. The molecule has 0 spiro atoms. The lowest BCUT2D eigenvalue weighted by Crippen LogP contribution is -2.47. The van der Waals surface area contributed by atoms with E-state index in [1.54, 1.807) is 19.1 Å². The van der Waals surface area contributed by atoms with Crippen LogP contribution in [0.25, 0.3) is 0 Å². The summed E-state index contributed by atoms with van der Waals surface area (Å²) in [6, 6.07) is 7.56. The van der Waals surface area contributed by atoms with E-state index < -0.39 is 15.4 Å². The lowest BCUT2D eigenvalue weighted by atomic mass is 10.0. The number of carbonyl (C=O) groups excluding carboxylic acids is 1. The molecule has 1 N–H and O–H groups in total. The zero-order valence-electron chi connectivity index (χ0n) is 16.5. The molecule has 2 fully saturated rings. The van der Waals surface area contributed by atoms with Crippen LogP contribution in [0.2, 0.25) is 5.02 Å². The highest BCUT2D eigenvalue weighted by molar-refractivity contribution is 7.99. The molecule has 0 unspecified atom stereocenters. The molecule has 0 bridgehead atoms. The van der Waals surface area contributed by atoms with Crippen molar-refractivity contribution in [1.82, 2.24) is 20.1 Å². The van der Waals surface area contributed by atoms with Crippen molar-refractivity contribution < 1.29 is 17.9 Å². The molecule has 2 heterocycles. The Morgan fingerprint density at radius 1 is 1.37 bits per heavy atom. The first-order valence-corrected chi connectivity index (χ1v) is 12.9. The van der Waals surface area contributed by atoms with E-state index in [-0.39, 0.29) is 29.8 Å². The van der Waals surface area contributed by atoms with E-state index in [0.29, 0.717) is 34.2 Å². The standard InChI is InChI=1S/C19H23ClN4O4S2/c1-19(8-9-30(26,27)12-19)21-17(25)11-29-18-23-22-16(24(18)13-6-7-13)10-28-15-5-3-2-4-14(15)20/h2-5,13H,6-12H2,1H3,(H,21,25)/t19-/m1/s1. The Morgan fingerprint density at radius 3 is 2.80 bits per heavy atom. The summed E-state index contributed by atoms with van der Waals surface area (Å²) in [5, 5.41) is 12.6. The number of para-hydroxylation sites is 1. The fourth-order valence-corrected chi connectivity index (χ4v) is 6.63. The first-order valence-electron chi connectivity index (χ1n) is 9.70. The van der Waals surface area contributed by atoms with Crippen LogP contribution < -0.4 is 10.1 Å². The molecule has 1 atom stereocenters. The summed E-state index contributed by atoms with van der Waals surface area (Å²) in [6.07, 6.45) is 2.51. The second kappa shape index (κ2) is 8.39. The van der Waals surface area contributed by atoms with E-state index in [9.17, 15) is 13.2 Å². The van der Waals surface area contributed by atoms with Gasteiger partial charge in [0, 0.05) is 6.04 Å². The van der Waals surface area contributed by atoms with Gasteiger partial charge in [-0.2, -0.15) is 0 Å². The highest BCUT2D eigenvalue weighted by atomic mass is 35.5. The Hall–Kier alpha value is -1.78. The number of carbonyl (C=O) groups is 1. The largest absolute Gasteiger partial charge is 0.484 e. The lowest BCUT2D eigenvalue weighted by molar-refractivity contribution is -0.120. The van der Waals surface area contributed by atoms with Crippen molar-refractivity contribution in [3.05, 3.63) is 35.1 Å². The van der Waals surface area contributed by atoms with Gasteiger partial charge >= 0.3 is 0 Å². The van der Waals surface area contributed by atoms with Crippen molar-refractivity contribution in [2.75, 3.05) is 17.3 Å². The minimum Gasteiger partial charge on any atom is -0.484 e. The number of nitrogens with one attached hydrogen (secondary N) is 1. The molecule has 4 rings (SSSR count). The minimum absolute atomic E-state index is 0.0157. The molecule has 1 aliphatic carbocycles. The Morgan fingerprint density at radius 2 is 2.13 bits per heavy atom. The van der Waals surface area contributed by atoms with E-state index >= 15 is 0 Å². The number of rotatable bonds is 8. The summed E-state index contributed by atoms with van der Waals surface area (Å²) in [4.78, 5) is 12.4. The number of ether oxygens (including phenoxy) is 1. The molecular formula is C19H23ClN4O4S2. The van der Waals surface area contributed by atoms with Gasteiger partial charge in [-0.15, -0.1) is 10.2 Å². The normalized spacial score (nSPS) is 22.7. The third-order valence-electron chi connectivity index (χ3n) is 5.12. The van der Waals surface area contributed by atoms with Gasteiger partial charge in [0.1, 0.15) is 12.4 Å². The van der Waals surface area contributed by atoms with Crippen molar-refractivity contribution in [1.29, 1.82) is 0 Å². The summed E-state index contributed by atoms with van der Waals surface area (Å²) < 4.78 is 31.3. The highest BCUT2D eigenvalue weighted by Crippen LogP contribution is 2.39. The van der Waals surface area contributed by atoms with Gasteiger partial charge in [0.2, 0.25) is 5.91 Å². The van der Waals surface area contributed by atoms with E-state index in [1.165, 1.54) is 11.8 Å². The third-order valence-corrected chi connectivity index (χ3v) is 8.28. The van der Waals surface area contributed by atoms with E-state index in [0.717, 1.165) is 12.8 Å². The predicted molar refractivity (Wildman–Crippen MR) is 115 cm³/mol. The molecule has 162 valence electrons. The molecule has 1 amide bonds. The fraction of sp³-hybridized carbons (Fsp3) is 0.526. The van der Waals surface area contributed by atoms with Gasteiger partial charge in [0.25, 0.3) is 0 Å². The third kappa shape index (κ3) is 5.09. The first kappa shape index (κ1) is 21.5. The van der Waals surface area contributed by atoms with Crippen LogP contribution >= 0.6 is 23.4 Å². The molecule has 1 saturated heterocycles. The topological polar surface area (TPSA) is 103 Å². The summed E-state index contributed by atoms with van der Waals surface area (Å²) in [5.41, 5.74) is -0.700. The Kier molecular flexibility index (Phi) is 6.00. The van der Waals surface area contributed by atoms with Crippen molar-refractivity contribution in [3.63, 3.8) is 0 Å². The van der Waals surface area contributed by atoms with E-state index in [2.05, 4.69) is 15.5 Å². The molecule has 0 radical (unpaired) electrons. The number of halogens is 1. The SMILES string of the molecule is C[C@@]1(NC(=O)CSc2nnc(COc3ccccc3Cl)n2C2CC2)CCS(=O)(=O)C1. The van der Waals surface area contributed by atoms with Gasteiger partial charge in [-0.05, 0) is 38.3 Å². The van der Waals surface area contributed by atoms with E-state index in [4.69, 9.17) is 16.3 Å². The van der Waals surface area contributed by atoms with Gasteiger partial charge in [-0.25, -0.2) is 8.42 Å². The predicted octanol–water partition coefficient (Wildman–Crippen LogP) is 2.63. The zero-order valence-corrected chi connectivity index (χ0v) is 18.9. The number of nitrogens with zero attached hydrogens (tertiary/aromatic N) is 3. The monoisotopic (exact) mass is 470 g/mol. The number of hydrogen-bond acceptors (Lipinski definition) is 7. The fourth-order valence-electron chi connectivity index (χ4n) is 3.52. The van der Waals surface area contributed by atoms with Crippen LogP contribution in [0, 0.1) is 0 Å². The van der Waals surface area contributed by atoms with Gasteiger partial charge in [0.15, 0.2) is 20.8 Å². The average molecular weight is 471 g/mol. The van der Waals surface area contributed by atoms with Gasteiger partial charge in [0.05, 0.1) is 27.8 Å². The Bertz CT molecular complexity index is 1050. The molecule has 30 heavy (non-hydrogen) atoms. The van der Waals surface area contributed by atoms with Gasteiger partial charge in [-0.3, -0.25) is 9.36 Å². The average Bonchev–Trinajstić information content (AvgIpc) is 3.37. The van der Waals surface area contributed by atoms with Crippen LogP contribution in [0.4, 0.5) is 0 Å². The molecule has 1 saturated carbocycles. The molecule has 11 heteroatoms. The zero-order chi connectivity index (χ0) is 21.4. The maximum Gasteiger partial charge on any atom is 0.230 e. The second-order valence-electron chi connectivity index (χ2n) is 7.96. The van der Waals surface area contributed by atoms with Crippen molar-refractivity contribution in [3.8, 4) is 5.75 Å². The van der Waals surface area contributed by atoms with Crippen LogP contribution in [0.3, 0.4) is 0 Å². The lowest BCUT2D eigenvalue weighted by Gasteiger charge is -2.23. The number of benzene rings is 1. The first-order chi connectivity index (χ1) is 14.2. The number of sulfone groups is 1. The van der Waals surface area contributed by atoms with Crippen LogP contribution in [0.15, 0.2) is 29.4 Å². The number of hydrogen-bond donors (Lipinski definition) is 1. The smallest absolute Gasteiger partial charge is 0.230 e. The maximum absolute atomic E-state index is 12.4.